The van der Waals surface area contributed by atoms with Crippen LogP contribution >= 0.6 is 0 Å². The fraction of sp³-hybridized carbons (Fsp3) is 0.348. The van der Waals surface area contributed by atoms with Crippen molar-refractivity contribution in [2.24, 2.45) is 0 Å². The number of carbonyl (C=O) groups excluding carboxylic acids is 3. The van der Waals surface area contributed by atoms with Gasteiger partial charge in [0, 0.05) is 12.1 Å². The number of halogens is 3. The lowest BCUT2D eigenvalue weighted by Crippen LogP contribution is -2.51. The van der Waals surface area contributed by atoms with E-state index in [4.69, 9.17) is 9.47 Å². The van der Waals surface area contributed by atoms with E-state index in [2.05, 4.69) is 10.6 Å². The fourth-order valence-corrected chi connectivity index (χ4v) is 3.20. The van der Waals surface area contributed by atoms with Crippen molar-refractivity contribution in [3.63, 3.8) is 0 Å². The van der Waals surface area contributed by atoms with Crippen LogP contribution in [0.5, 0.6) is 5.75 Å². The van der Waals surface area contributed by atoms with Crippen molar-refractivity contribution < 1.29 is 37.0 Å². The Bertz CT molecular complexity index is 1000. The van der Waals surface area contributed by atoms with E-state index in [0.717, 1.165) is 12.1 Å². The maximum atomic E-state index is 12.8. The van der Waals surface area contributed by atoms with Crippen molar-refractivity contribution in [2.75, 3.05) is 39.4 Å². The Morgan fingerprint density at radius 1 is 1.03 bits per heavy atom. The van der Waals surface area contributed by atoms with Gasteiger partial charge < -0.3 is 25.0 Å². The second-order valence-electron chi connectivity index (χ2n) is 7.49. The molecule has 11 heteroatoms. The first-order chi connectivity index (χ1) is 16.2. The number of carbonyl (C=O) groups is 3. The summed E-state index contributed by atoms with van der Waals surface area (Å²) in [4.78, 5) is 37.8. The molecule has 34 heavy (non-hydrogen) atoms. The van der Waals surface area contributed by atoms with E-state index in [9.17, 15) is 27.6 Å². The van der Waals surface area contributed by atoms with Gasteiger partial charge in [-0.2, -0.15) is 13.2 Å². The topological polar surface area (TPSA) is 97.0 Å². The third-order valence-electron chi connectivity index (χ3n) is 4.97. The summed E-state index contributed by atoms with van der Waals surface area (Å²) in [5.74, 6) is -1.23. The molecule has 182 valence electrons. The molecule has 8 nitrogen and oxygen atoms in total. The number of benzene rings is 2. The zero-order valence-electron chi connectivity index (χ0n) is 18.1. The highest BCUT2D eigenvalue weighted by molar-refractivity contribution is 5.96. The van der Waals surface area contributed by atoms with E-state index in [-0.39, 0.29) is 44.5 Å². The van der Waals surface area contributed by atoms with Gasteiger partial charge in [-0.15, -0.1) is 0 Å². The summed E-state index contributed by atoms with van der Waals surface area (Å²) in [7, 11) is 0. The second kappa shape index (κ2) is 11.5. The van der Waals surface area contributed by atoms with Crippen molar-refractivity contribution in [3.05, 3.63) is 65.7 Å². The van der Waals surface area contributed by atoms with Gasteiger partial charge in [-0.05, 0) is 30.3 Å². The lowest BCUT2D eigenvalue weighted by atomic mass is 10.2. The molecule has 1 unspecified atom stereocenters. The van der Waals surface area contributed by atoms with Crippen molar-refractivity contribution in [2.45, 2.75) is 12.3 Å². The smallest absolute Gasteiger partial charge is 0.416 e. The molecule has 1 atom stereocenters. The van der Waals surface area contributed by atoms with Crippen LogP contribution in [0.1, 0.15) is 15.9 Å². The molecule has 0 spiro atoms. The average Bonchev–Trinajstić information content (AvgIpc) is 2.85. The first-order valence-electron chi connectivity index (χ1n) is 10.5. The van der Waals surface area contributed by atoms with Gasteiger partial charge in [0.25, 0.3) is 5.91 Å². The maximum absolute atomic E-state index is 12.8. The third-order valence-corrected chi connectivity index (χ3v) is 4.97. The molecule has 0 aromatic heterocycles. The van der Waals surface area contributed by atoms with Crippen LogP contribution in [-0.4, -0.2) is 68.1 Å². The van der Waals surface area contributed by atoms with E-state index in [1.807, 2.05) is 0 Å². The van der Waals surface area contributed by atoms with Crippen molar-refractivity contribution in [1.82, 2.24) is 15.5 Å². The van der Waals surface area contributed by atoms with Crippen molar-refractivity contribution >= 4 is 17.7 Å². The number of alkyl halides is 3. The quantitative estimate of drug-likeness (QED) is 0.603. The average molecular weight is 479 g/mol. The summed E-state index contributed by atoms with van der Waals surface area (Å²) in [6.07, 6.45) is -5.01. The Labute approximate surface area is 194 Å². The number of ether oxygens (including phenoxy) is 2. The Morgan fingerprint density at radius 3 is 2.53 bits per heavy atom. The molecule has 0 bridgehead atoms. The molecular weight excluding hydrogens is 455 g/mol. The van der Waals surface area contributed by atoms with E-state index in [1.54, 1.807) is 30.3 Å². The molecule has 3 amide bonds. The largest absolute Gasteiger partial charge is 0.491 e. The molecule has 1 saturated heterocycles. The molecule has 3 rings (SSSR count). The molecule has 1 heterocycles. The lowest BCUT2D eigenvalue weighted by Gasteiger charge is -2.33. The molecule has 2 aromatic rings. The van der Waals surface area contributed by atoms with Crippen LogP contribution in [0, 0.1) is 0 Å². The molecule has 1 aliphatic rings. The fourth-order valence-electron chi connectivity index (χ4n) is 3.20. The predicted molar refractivity (Wildman–Crippen MR) is 115 cm³/mol. The summed E-state index contributed by atoms with van der Waals surface area (Å²) >= 11 is 0. The molecule has 0 saturated carbocycles. The summed E-state index contributed by atoms with van der Waals surface area (Å²) < 4.78 is 49.4. The molecule has 0 radical (unpaired) electrons. The summed E-state index contributed by atoms with van der Waals surface area (Å²) in [6, 6.07) is 12.9. The Kier molecular flexibility index (Phi) is 8.47. The van der Waals surface area contributed by atoms with E-state index in [1.165, 1.54) is 17.0 Å². The van der Waals surface area contributed by atoms with E-state index < -0.39 is 29.7 Å². The minimum Gasteiger partial charge on any atom is -0.491 e. The number of hydrogen-bond donors (Lipinski definition) is 2. The van der Waals surface area contributed by atoms with E-state index in [0.29, 0.717) is 12.1 Å². The van der Waals surface area contributed by atoms with Gasteiger partial charge in [0.2, 0.25) is 11.8 Å². The van der Waals surface area contributed by atoms with Gasteiger partial charge in [-0.25, -0.2) is 0 Å². The third kappa shape index (κ3) is 7.48. The van der Waals surface area contributed by atoms with Crippen LogP contribution in [0.3, 0.4) is 0 Å². The molecule has 2 N–H and O–H groups in total. The van der Waals surface area contributed by atoms with Gasteiger partial charge in [-0.3, -0.25) is 14.4 Å². The Balaban J connectivity index is 1.40. The predicted octanol–water partition coefficient (Wildman–Crippen LogP) is 1.86. The minimum absolute atomic E-state index is 0.0387. The zero-order valence-corrected chi connectivity index (χ0v) is 18.1. The molecular formula is C23H24F3N3O5. The molecule has 0 aliphatic carbocycles. The van der Waals surface area contributed by atoms with Crippen LogP contribution < -0.4 is 15.4 Å². The summed E-state index contributed by atoms with van der Waals surface area (Å²) in [5, 5.41) is 4.93. The lowest BCUT2D eigenvalue weighted by molar-refractivity contribution is -0.140. The van der Waals surface area contributed by atoms with Gasteiger partial charge in [0.1, 0.15) is 18.5 Å². The Morgan fingerprint density at radius 2 is 1.79 bits per heavy atom. The van der Waals surface area contributed by atoms with Gasteiger partial charge >= 0.3 is 6.18 Å². The minimum atomic E-state index is -4.47. The number of amides is 3. The highest BCUT2D eigenvalue weighted by Gasteiger charge is 2.31. The standard InChI is InChI=1S/C23H24F3N3O5/c24-23(25,26)17-7-4-8-18(11-17)34-15-19-14-29(9-10-33-19)21(31)13-27-20(30)12-28-22(32)16-5-2-1-3-6-16/h1-8,11,19H,9-10,12-15H2,(H,27,30)(H,28,32). The van der Waals surface area contributed by atoms with Crippen molar-refractivity contribution in [3.8, 4) is 5.75 Å². The number of nitrogens with zero attached hydrogens (tertiary/aromatic N) is 1. The second-order valence-corrected chi connectivity index (χ2v) is 7.49. The van der Waals surface area contributed by atoms with Crippen molar-refractivity contribution in [1.29, 1.82) is 0 Å². The number of morpholine rings is 1. The van der Waals surface area contributed by atoms with Crippen LogP contribution in [-0.2, 0) is 20.5 Å². The molecule has 1 fully saturated rings. The number of nitrogens with one attached hydrogen (secondary N) is 2. The molecule has 2 aromatic carbocycles. The highest BCUT2D eigenvalue weighted by atomic mass is 19.4. The number of hydrogen-bond acceptors (Lipinski definition) is 5. The zero-order chi connectivity index (χ0) is 24.6. The van der Waals surface area contributed by atoms with E-state index >= 15 is 0 Å². The maximum Gasteiger partial charge on any atom is 0.416 e. The number of rotatable bonds is 8. The van der Waals surface area contributed by atoms with Crippen LogP contribution in [0.25, 0.3) is 0 Å². The van der Waals surface area contributed by atoms with Crippen LogP contribution in [0.2, 0.25) is 0 Å². The SMILES string of the molecule is O=C(CNC(=O)c1ccccc1)NCC(=O)N1CCOC(COc2cccc(C(F)(F)F)c2)C1. The summed E-state index contributed by atoms with van der Waals surface area (Å²) in [5.41, 5.74) is -0.403. The van der Waals surface area contributed by atoms with Gasteiger partial charge in [0.05, 0.1) is 31.8 Å². The first-order valence-corrected chi connectivity index (χ1v) is 10.5. The molecule has 1 aliphatic heterocycles. The monoisotopic (exact) mass is 479 g/mol. The normalized spacial score (nSPS) is 16.0. The van der Waals surface area contributed by atoms with Gasteiger partial charge in [-0.1, -0.05) is 24.3 Å². The Hall–Kier alpha value is -3.60. The van der Waals surface area contributed by atoms with Crippen LogP contribution in [0.4, 0.5) is 13.2 Å². The highest BCUT2D eigenvalue weighted by Crippen LogP contribution is 2.31. The van der Waals surface area contributed by atoms with Gasteiger partial charge in [0.15, 0.2) is 0 Å². The first kappa shape index (κ1) is 25.0. The summed E-state index contributed by atoms with van der Waals surface area (Å²) in [6.45, 7) is 0.114. The van der Waals surface area contributed by atoms with Crippen LogP contribution in [0.15, 0.2) is 54.6 Å².